The molecule has 0 saturated heterocycles. The monoisotopic (exact) mass is 337 g/mol. The van der Waals surface area contributed by atoms with E-state index in [9.17, 15) is 4.79 Å². The summed E-state index contributed by atoms with van der Waals surface area (Å²) in [5, 5.41) is 15.6. The summed E-state index contributed by atoms with van der Waals surface area (Å²) in [5.41, 5.74) is 1.52. The Balaban J connectivity index is 1.58. The third-order valence-electron chi connectivity index (χ3n) is 4.05. The molecule has 0 amide bonds. The molecule has 0 atom stereocenters. The lowest BCUT2D eigenvalue weighted by Crippen LogP contribution is -2.09. The van der Waals surface area contributed by atoms with Gasteiger partial charge in [0, 0.05) is 12.4 Å². The first-order valence-corrected chi connectivity index (χ1v) is 7.68. The summed E-state index contributed by atoms with van der Waals surface area (Å²) in [5.74, 6) is 1.34. The number of carbonyl (C=O) groups is 1. The van der Waals surface area contributed by atoms with Crippen molar-refractivity contribution in [1.29, 1.82) is 0 Å². The predicted octanol–water partition coefficient (Wildman–Crippen LogP) is 2.62. The third-order valence-corrected chi connectivity index (χ3v) is 4.05. The minimum atomic E-state index is -0.509. The number of aromatic amines is 1. The van der Waals surface area contributed by atoms with Gasteiger partial charge in [-0.2, -0.15) is 5.10 Å². The molecule has 0 aliphatic rings. The summed E-state index contributed by atoms with van der Waals surface area (Å²) >= 11 is 0. The number of esters is 1. The van der Waals surface area contributed by atoms with E-state index in [4.69, 9.17) is 9.15 Å². The molecule has 0 bridgehead atoms. The number of ether oxygens (including phenoxy) is 1. The lowest BCUT2D eigenvalue weighted by Gasteiger charge is -2.04. The van der Waals surface area contributed by atoms with E-state index in [0.717, 1.165) is 16.8 Å². The normalized spacial score (nSPS) is 11.1. The molecule has 1 aromatic carbocycles. The van der Waals surface area contributed by atoms with E-state index in [2.05, 4.69) is 20.4 Å². The number of aryl methyl sites for hydroxylation is 1. The molecule has 3 aromatic heterocycles. The number of nitrogens with one attached hydrogen (secondary N) is 1. The summed E-state index contributed by atoms with van der Waals surface area (Å²) in [6.07, 6.45) is 1.42. The van der Waals surface area contributed by atoms with Crippen LogP contribution in [0.4, 0.5) is 0 Å². The van der Waals surface area contributed by atoms with Gasteiger partial charge in [0.1, 0.15) is 22.7 Å². The zero-order valence-electron chi connectivity index (χ0n) is 13.7. The van der Waals surface area contributed by atoms with Crippen molar-refractivity contribution in [3.63, 3.8) is 0 Å². The van der Waals surface area contributed by atoms with Crippen LogP contribution >= 0.6 is 0 Å². The maximum atomic E-state index is 12.4. The van der Waals surface area contributed by atoms with Gasteiger partial charge in [0.15, 0.2) is 18.2 Å². The first-order valence-electron chi connectivity index (χ1n) is 7.68. The van der Waals surface area contributed by atoms with Crippen molar-refractivity contribution in [3.8, 4) is 11.5 Å². The van der Waals surface area contributed by atoms with E-state index in [1.165, 1.54) is 6.20 Å². The SMILES string of the molecule is Cc1nnc(COC(=O)c2cn[nH]c2-c2cc3ccccc3o2)n1C. The van der Waals surface area contributed by atoms with E-state index in [0.29, 0.717) is 22.8 Å². The van der Waals surface area contributed by atoms with Crippen LogP contribution in [-0.2, 0) is 18.4 Å². The second-order valence-electron chi connectivity index (χ2n) is 5.61. The Morgan fingerprint density at radius 2 is 2.16 bits per heavy atom. The number of nitrogens with zero attached hydrogens (tertiary/aromatic N) is 4. The van der Waals surface area contributed by atoms with Crippen LogP contribution < -0.4 is 0 Å². The van der Waals surface area contributed by atoms with E-state index in [-0.39, 0.29) is 6.61 Å². The molecular formula is C17H15N5O3. The zero-order chi connectivity index (χ0) is 17.4. The molecule has 0 unspecified atom stereocenters. The largest absolute Gasteiger partial charge is 0.454 e. The average molecular weight is 337 g/mol. The van der Waals surface area contributed by atoms with Crippen LogP contribution in [0.5, 0.6) is 0 Å². The number of H-pyrrole nitrogens is 1. The molecule has 4 rings (SSSR count). The molecule has 126 valence electrons. The number of hydrogen-bond donors (Lipinski definition) is 1. The first kappa shape index (κ1) is 15.1. The third kappa shape index (κ3) is 2.67. The van der Waals surface area contributed by atoms with Crippen LogP contribution in [0.25, 0.3) is 22.4 Å². The molecule has 1 N–H and O–H groups in total. The smallest absolute Gasteiger partial charge is 0.342 e. The van der Waals surface area contributed by atoms with Gasteiger partial charge in [0.2, 0.25) is 0 Å². The molecule has 25 heavy (non-hydrogen) atoms. The summed E-state index contributed by atoms with van der Waals surface area (Å²) in [7, 11) is 1.82. The number of benzene rings is 1. The molecule has 0 aliphatic heterocycles. The minimum Gasteiger partial charge on any atom is -0.454 e. The van der Waals surface area contributed by atoms with Gasteiger partial charge < -0.3 is 13.7 Å². The van der Waals surface area contributed by atoms with Crippen molar-refractivity contribution < 1.29 is 13.9 Å². The van der Waals surface area contributed by atoms with Gasteiger partial charge in [0.05, 0.1) is 6.20 Å². The number of carbonyl (C=O) groups excluding carboxylic acids is 1. The highest BCUT2D eigenvalue weighted by Gasteiger charge is 2.20. The predicted molar refractivity (Wildman–Crippen MR) is 88.7 cm³/mol. The van der Waals surface area contributed by atoms with Crippen LogP contribution in [0, 0.1) is 6.92 Å². The number of furan rings is 1. The average Bonchev–Trinajstić information content (AvgIpc) is 3.32. The Labute approximate surface area is 142 Å². The number of fused-ring (bicyclic) bond motifs is 1. The van der Waals surface area contributed by atoms with Gasteiger partial charge in [-0.25, -0.2) is 4.79 Å². The highest BCUT2D eigenvalue weighted by atomic mass is 16.5. The van der Waals surface area contributed by atoms with Gasteiger partial charge in [-0.1, -0.05) is 18.2 Å². The van der Waals surface area contributed by atoms with E-state index in [1.54, 1.807) is 4.57 Å². The van der Waals surface area contributed by atoms with Gasteiger partial charge in [0.25, 0.3) is 0 Å². The molecule has 0 spiro atoms. The molecule has 8 nitrogen and oxygen atoms in total. The van der Waals surface area contributed by atoms with Crippen LogP contribution in [0.2, 0.25) is 0 Å². The summed E-state index contributed by atoms with van der Waals surface area (Å²) in [6, 6.07) is 9.47. The van der Waals surface area contributed by atoms with Crippen LogP contribution in [0.3, 0.4) is 0 Å². The fraction of sp³-hybridized carbons (Fsp3) is 0.176. The van der Waals surface area contributed by atoms with Crippen molar-refractivity contribution >= 4 is 16.9 Å². The number of aromatic nitrogens is 5. The lowest BCUT2D eigenvalue weighted by atomic mass is 10.2. The summed E-state index contributed by atoms with van der Waals surface area (Å²) in [4.78, 5) is 12.4. The quantitative estimate of drug-likeness (QED) is 0.575. The molecule has 4 aromatic rings. The highest BCUT2D eigenvalue weighted by molar-refractivity contribution is 5.96. The Kier molecular flexibility index (Phi) is 3.57. The van der Waals surface area contributed by atoms with Gasteiger partial charge in [-0.15, -0.1) is 10.2 Å². The van der Waals surface area contributed by atoms with Crippen molar-refractivity contribution in [2.24, 2.45) is 7.05 Å². The Bertz CT molecular complexity index is 1030. The van der Waals surface area contributed by atoms with E-state index < -0.39 is 5.97 Å². The van der Waals surface area contributed by atoms with Gasteiger partial charge in [-0.3, -0.25) is 5.10 Å². The minimum absolute atomic E-state index is 0.0287. The van der Waals surface area contributed by atoms with Crippen molar-refractivity contribution in [2.75, 3.05) is 0 Å². The molecular weight excluding hydrogens is 322 g/mol. The maximum Gasteiger partial charge on any atom is 0.342 e. The van der Waals surface area contributed by atoms with Crippen molar-refractivity contribution in [3.05, 3.63) is 53.7 Å². The van der Waals surface area contributed by atoms with Crippen LogP contribution in [-0.4, -0.2) is 30.9 Å². The van der Waals surface area contributed by atoms with Crippen molar-refractivity contribution in [1.82, 2.24) is 25.0 Å². The molecule has 0 radical (unpaired) electrons. The van der Waals surface area contributed by atoms with Gasteiger partial charge >= 0.3 is 5.97 Å². The van der Waals surface area contributed by atoms with Crippen LogP contribution in [0.1, 0.15) is 22.0 Å². The second-order valence-corrected chi connectivity index (χ2v) is 5.61. The van der Waals surface area contributed by atoms with Crippen LogP contribution in [0.15, 0.2) is 40.9 Å². The van der Waals surface area contributed by atoms with E-state index in [1.807, 2.05) is 44.3 Å². The van der Waals surface area contributed by atoms with E-state index >= 15 is 0 Å². The fourth-order valence-corrected chi connectivity index (χ4v) is 2.52. The number of para-hydroxylation sites is 1. The van der Waals surface area contributed by atoms with Gasteiger partial charge in [-0.05, 0) is 19.1 Å². The maximum absolute atomic E-state index is 12.4. The summed E-state index contributed by atoms with van der Waals surface area (Å²) in [6.45, 7) is 1.86. The number of hydrogen-bond acceptors (Lipinski definition) is 6. The fourth-order valence-electron chi connectivity index (χ4n) is 2.52. The Hall–Kier alpha value is -3.42. The molecule has 0 saturated carbocycles. The first-order chi connectivity index (χ1) is 12.1. The molecule has 0 aliphatic carbocycles. The second kappa shape index (κ2) is 5.90. The topological polar surface area (TPSA) is 98.8 Å². The summed E-state index contributed by atoms with van der Waals surface area (Å²) < 4.78 is 12.9. The zero-order valence-corrected chi connectivity index (χ0v) is 13.7. The Morgan fingerprint density at radius 1 is 1.32 bits per heavy atom. The standard InChI is InChI=1S/C17H15N5O3/c1-10-19-20-15(22(10)2)9-24-17(23)12-8-18-21-16(12)14-7-11-5-3-4-6-13(11)25-14/h3-8H,9H2,1-2H3,(H,18,21). The lowest BCUT2D eigenvalue weighted by molar-refractivity contribution is 0.0459. The molecule has 8 heteroatoms. The molecule has 0 fully saturated rings. The highest BCUT2D eigenvalue weighted by Crippen LogP contribution is 2.28. The van der Waals surface area contributed by atoms with Crippen molar-refractivity contribution in [2.45, 2.75) is 13.5 Å². The Morgan fingerprint density at radius 3 is 2.92 bits per heavy atom. The number of rotatable bonds is 4. The molecule has 3 heterocycles.